The summed E-state index contributed by atoms with van der Waals surface area (Å²) in [5, 5.41) is 3.57. The van der Waals surface area contributed by atoms with Crippen molar-refractivity contribution in [3.63, 3.8) is 0 Å². The molecule has 1 aliphatic carbocycles. The van der Waals surface area contributed by atoms with Gasteiger partial charge in [0.2, 0.25) is 0 Å². The molecular formula is C20H23NO2. The number of benzene rings is 2. The van der Waals surface area contributed by atoms with E-state index in [2.05, 4.69) is 17.4 Å². The van der Waals surface area contributed by atoms with Crippen LogP contribution in [0, 0.1) is 5.92 Å². The highest BCUT2D eigenvalue weighted by Gasteiger charge is 2.31. The summed E-state index contributed by atoms with van der Waals surface area (Å²) in [6, 6.07) is 18.1. The number of hydrogen-bond donors (Lipinski definition) is 1. The lowest BCUT2D eigenvalue weighted by Gasteiger charge is -2.31. The molecule has 1 aliphatic rings. The van der Waals surface area contributed by atoms with Gasteiger partial charge in [-0.15, -0.1) is 0 Å². The number of carbonyl (C=O) groups excluding carboxylic acids is 1. The predicted molar refractivity (Wildman–Crippen MR) is 92.8 cm³/mol. The summed E-state index contributed by atoms with van der Waals surface area (Å²) < 4.78 is 5.45. The highest BCUT2D eigenvalue weighted by molar-refractivity contribution is 5.83. The van der Waals surface area contributed by atoms with Gasteiger partial charge in [0.15, 0.2) is 0 Å². The lowest BCUT2D eigenvalue weighted by molar-refractivity contribution is -0.125. The van der Waals surface area contributed by atoms with E-state index in [9.17, 15) is 4.79 Å². The van der Waals surface area contributed by atoms with Crippen molar-refractivity contribution in [3.05, 3.63) is 60.2 Å². The van der Waals surface area contributed by atoms with Crippen LogP contribution in [0.4, 0.5) is 5.69 Å². The number of Topliss-reactive ketones (excluding diaryl/α,β-unsaturated/α-hetero) is 1. The van der Waals surface area contributed by atoms with Gasteiger partial charge in [-0.3, -0.25) is 4.79 Å². The smallest absolute Gasteiger partial charge is 0.141 e. The average Bonchev–Trinajstić information content (AvgIpc) is 2.61. The number of carbonyl (C=O) groups is 1. The van der Waals surface area contributed by atoms with Crippen molar-refractivity contribution >= 4 is 11.5 Å². The largest absolute Gasteiger partial charge is 0.495 e. The zero-order valence-corrected chi connectivity index (χ0v) is 13.5. The van der Waals surface area contributed by atoms with E-state index in [1.165, 1.54) is 0 Å². The molecule has 2 atom stereocenters. The van der Waals surface area contributed by atoms with Crippen LogP contribution in [0.1, 0.15) is 37.3 Å². The van der Waals surface area contributed by atoms with E-state index in [0.29, 0.717) is 12.2 Å². The molecule has 3 heteroatoms. The Balaban J connectivity index is 1.93. The molecular weight excluding hydrogens is 286 g/mol. The zero-order valence-electron chi connectivity index (χ0n) is 13.5. The average molecular weight is 309 g/mol. The fourth-order valence-electron chi connectivity index (χ4n) is 3.37. The summed E-state index contributed by atoms with van der Waals surface area (Å²) in [5.74, 6) is 1.19. The fourth-order valence-corrected chi connectivity index (χ4v) is 3.37. The topological polar surface area (TPSA) is 38.3 Å². The molecule has 0 unspecified atom stereocenters. The van der Waals surface area contributed by atoms with E-state index in [4.69, 9.17) is 4.74 Å². The van der Waals surface area contributed by atoms with E-state index < -0.39 is 0 Å². The highest BCUT2D eigenvalue weighted by Crippen LogP contribution is 2.36. The maximum Gasteiger partial charge on any atom is 0.141 e. The minimum Gasteiger partial charge on any atom is -0.495 e. The summed E-state index contributed by atoms with van der Waals surface area (Å²) in [4.78, 5) is 12.5. The van der Waals surface area contributed by atoms with E-state index >= 15 is 0 Å². The van der Waals surface area contributed by atoms with Crippen molar-refractivity contribution in [2.45, 2.75) is 31.7 Å². The highest BCUT2D eigenvalue weighted by atomic mass is 16.5. The number of methoxy groups -OCH3 is 1. The molecule has 120 valence electrons. The number of rotatable bonds is 5. The first-order chi connectivity index (χ1) is 11.3. The SMILES string of the molecule is COc1ccccc1N[C@H](c1ccccc1)[C@@H]1CCCCC1=O. The third-order valence-corrected chi connectivity index (χ3v) is 4.58. The summed E-state index contributed by atoms with van der Waals surface area (Å²) in [5.41, 5.74) is 2.08. The third-order valence-electron chi connectivity index (χ3n) is 4.58. The summed E-state index contributed by atoms with van der Waals surface area (Å²) in [7, 11) is 1.67. The Bertz CT molecular complexity index is 654. The molecule has 0 bridgehead atoms. The Morgan fingerprint density at radius 1 is 1.04 bits per heavy atom. The van der Waals surface area contributed by atoms with Crippen molar-refractivity contribution in [3.8, 4) is 5.75 Å². The number of ketones is 1. The van der Waals surface area contributed by atoms with Crippen LogP contribution in [0.25, 0.3) is 0 Å². The Morgan fingerprint density at radius 2 is 1.78 bits per heavy atom. The predicted octanol–water partition coefficient (Wildman–Crippen LogP) is 4.61. The molecule has 0 aliphatic heterocycles. The summed E-state index contributed by atoms with van der Waals surface area (Å²) in [6.07, 6.45) is 3.78. The van der Waals surface area contributed by atoms with Crippen LogP contribution < -0.4 is 10.1 Å². The van der Waals surface area contributed by atoms with Gasteiger partial charge in [-0.05, 0) is 30.5 Å². The van der Waals surface area contributed by atoms with Gasteiger partial charge in [-0.2, -0.15) is 0 Å². The quantitative estimate of drug-likeness (QED) is 0.876. The first kappa shape index (κ1) is 15.6. The molecule has 1 saturated carbocycles. The molecule has 0 spiro atoms. The minimum absolute atomic E-state index is 0.0136. The molecule has 0 heterocycles. The van der Waals surface area contributed by atoms with E-state index in [1.54, 1.807) is 7.11 Å². The van der Waals surface area contributed by atoms with Gasteiger partial charge in [0.05, 0.1) is 18.8 Å². The van der Waals surface area contributed by atoms with Gasteiger partial charge < -0.3 is 10.1 Å². The lowest BCUT2D eigenvalue weighted by atomic mass is 9.80. The van der Waals surface area contributed by atoms with Gasteiger partial charge in [0.1, 0.15) is 11.5 Å². The number of para-hydroxylation sites is 2. The second-order valence-electron chi connectivity index (χ2n) is 6.05. The van der Waals surface area contributed by atoms with E-state index in [0.717, 1.165) is 36.3 Å². The first-order valence-corrected chi connectivity index (χ1v) is 8.27. The molecule has 2 aromatic rings. The van der Waals surface area contributed by atoms with Gasteiger partial charge in [0.25, 0.3) is 0 Å². The van der Waals surface area contributed by atoms with Crippen LogP contribution in [0.15, 0.2) is 54.6 Å². The molecule has 0 aromatic heterocycles. The van der Waals surface area contributed by atoms with Gasteiger partial charge in [0, 0.05) is 12.3 Å². The van der Waals surface area contributed by atoms with Crippen molar-refractivity contribution in [1.82, 2.24) is 0 Å². The van der Waals surface area contributed by atoms with Crippen LogP contribution in [-0.2, 0) is 4.79 Å². The summed E-state index contributed by atoms with van der Waals surface area (Å²) in [6.45, 7) is 0. The van der Waals surface area contributed by atoms with Crippen LogP contribution in [0.2, 0.25) is 0 Å². The number of anilines is 1. The number of nitrogens with one attached hydrogen (secondary N) is 1. The van der Waals surface area contributed by atoms with Crippen LogP contribution >= 0.6 is 0 Å². The zero-order chi connectivity index (χ0) is 16.1. The van der Waals surface area contributed by atoms with E-state index in [-0.39, 0.29) is 12.0 Å². The normalized spacial score (nSPS) is 19.2. The molecule has 0 saturated heterocycles. The van der Waals surface area contributed by atoms with Gasteiger partial charge in [-0.1, -0.05) is 48.9 Å². The first-order valence-electron chi connectivity index (χ1n) is 8.27. The Labute approximate surface area is 137 Å². The molecule has 1 fully saturated rings. The fraction of sp³-hybridized carbons (Fsp3) is 0.350. The number of hydrogen-bond acceptors (Lipinski definition) is 3. The molecule has 2 aromatic carbocycles. The van der Waals surface area contributed by atoms with Crippen LogP contribution in [0.5, 0.6) is 5.75 Å². The molecule has 23 heavy (non-hydrogen) atoms. The molecule has 0 amide bonds. The lowest BCUT2D eigenvalue weighted by Crippen LogP contribution is -2.30. The van der Waals surface area contributed by atoms with Crippen LogP contribution in [-0.4, -0.2) is 12.9 Å². The van der Waals surface area contributed by atoms with Gasteiger partial charge in [-0.25, -0.2) is 0 Å². The molecule has 3 nitrogen and oxygen atoms in total. The third kappa shape index (κ3) is 3.55. The molecule has 3 rings (SSSR count). The van der Waals surface area contributed by atoms with Gasteiger partial charge >= 0.3 is 0 Å². The van der Waals surface area contributed by atoms with Crippen molar-refractivity contribution in [2.24, 2.45) is 5.92 Å². The van der Waals surface area contributed by atoms with Crippen molar-refractivity contribution < 1.29 is 9.53 Å². The Kier molecular flexibility index (Phi) is 4.96. The molecule has 0 radical (unpaired) electrons. The summed E-state index contributed by atoms with van der Waals surface area (Å²) >= 11 is 0. The van der Waals surface area contributed by atoms with Crippen molar-refractivity contribution in [2.75, 3.05) is 12.4 Å². The Morgan fingerprint density at radius 3 is 2.52 bits per heavy atom. The number of ether oxygens (including phenoxy) is 1. The van der Waals surface area contributed by atoms with Crippen molar-refractivity contribution in [1.29, 1.82) is 0 Å². The monoisotopic (exact) mass is 309 g/mol. The maximum atomic E-state index is 12.5. The standard InChI is InChI=1S/C20H23NO2/c1-23-19-14-8-6-12-17(19)21-20(15-9-3-2-4-10-15)16-11-5-7-13-18(16)22/h2-4,6,8-10,12,14,16,20-21H,5,7,11,13H2,1H3/t16-,20-/m1/s1. The van der Waals surface area contributed by atoms with Crippen LogP contribution in [0.3, 0.4) is 0 Å². The van der Waals surface area contributed by atoms with E-state index in [1.807, 2.05) is 42.5 Å². The molecule has 1 N–H and O–H groups in total. The second kappa shape index (κ2) is 7.32. The minimum atomic E-state index is -0.0136. The second-order valence-corrected chi connectivity index (χ2v) is 6.05. The maximum absolute atomic E-state index is 12.5. The Hall–Kier alpha value is -2.29.